The highest BCUT2D eigenvalue weighted by Crippen LogP contribution is 2.40. The van der Waals surface area contributed by atoms with Crippen molar-refractivity contribution >= 4 is 23.5 Å². The Morgan fingerprint density at radius 1 is 1.29 bits per heavy atom. The molecule has 2 rings (SSSR count). The zero-order valence-corrected chi connectivity index (χ0v) is 15.1. The number of benzene rings is 1. The van der Waals surface area contributed by atoms with Crippen molar-refractivity contribution < 1.29 is 4.74 Å². The Bertz CT molecular complexity index is 439. The fourth-order valence-electron chi connectivity index (χ4n) is 2.82. The third kappa shape index (κ3) is 4.57. The standard InChI is InChI=1S/C17H27NOS2/c1-5-15-17(21-10-9-20-15)16(18-4)13-7-6-8-14(11-13)19-12(2)3/h6-8,11-12,15-18H,5,9-10H2,1-4H3. The van der Waals surface area contributed by atoms with Gasteiger partial charge in [-0.15, -0.1) is 0 Å². The topological polar surface area (TPSA) is 21.3 Å². The molecule has 4 heteroatoms. The first kappa shape index (κ1) is 17.0. The summed E-state index contributed by atoms with van der Waals surface area (Å²) in [7, 11) is 2.08. The fourth-order valence-corrected chi connectivity index (χ4v) is 6.11. The van der Waals surface area contributed by atoms with Gasteiger partial charge in [-0.3, -0.25) is 0 Å². The molecule has 1 N–H and O–H groups in total. The van der Waals surface area contributed by atoms with Crippen LogP contribution in [0.4, 0.5) is 0 Å². The van der Waals surface area contributed by atoms with Gasteiger partial charge in [-0.2, -0.15) is 23.5 Å². The molecule has 0 radical (unpaired) electrons. The van der Waals surface area contributed by atoms with E-state index in [-0.39, 0.29) is 6.10 Å². The molecule has 1 fully saturated rings. The van der Waals surface area contributed by atoms with Gasteiger partial charge >= 0.3 is 0 Å². The van der Waals surface area contributed by atoms with E-state index in [0.717, 1.165) is 11.0 Å². The maximum Gasteiger partial charge on any atom is 0.120 e. The molecule has 1 aliphatic rings. The lowest BCUT2D eigenvalue weighted by molar-refractivity contribution is 0.242. The normalized spacial score (nSPS) is 24.0. The molecule has 0 bridgehead atoms. The van der Waals surface area contributed by atoms with E-state index in [1.807, 2.05) is 0 Å². The summed E-state index contributed by atoms with van der Waals surface area (Å²) in [5, 5.41) is 4.91. The lowest BCUT2D eigenvalue weighted by atomic mass is 10.00. The maximum absolute atomic E-state index is 5.85. The summed E-state index contributed by atoms with van der Waals surface area (Å²) >= 11 is 4.25. The number of rotatable bonds is 6. The monoisotopic (exact) mass is 325 g/mol. The van der Waals surface area contributed by atoms with Crippen LogP contribution >= 0.6 is 23.5 Å². The fraction of sp³-hybridized carbons (Fsp3) is 0.647. The Labute approximate surface area is 137 Å². The van der Waals surface area contributed by atoms with Crippen molar-refractivity contribution in [1.82, 2.24) is 5.32 Å². The van der Waals surface area contributed by atoms with E-state index in [2.05, 4.69) is 80.9 Å². The molecule has 0 aliphatic carbocycles. The largest absolute Gasteiger partial charge is 0.491 e. The minimum absolute atomic E-state index is 0.219. The van der Waals surface area contributed by atoms with Crippen LogP contribution < -0.4 is 10.1 Å². The highest BCUT2D eigenvalue weighted by Gasteiger charge is 2.32. The van der Waals surface area contributed by atoms with E-state index in [1.165, 1.54) is 23.5 Å². The van der Waals surface area contributed by atoms with Crippen LogP contribution in [0.3, 0.4) is 0 Å². The third-order valence-electron chi connectivity index (χ3n) is 3.72. The van der Waals surface area contributed by atoms with Crippen LogP contribution in [0.15, 0.2) is 24.3 Å². The van der Waals surface area contributed by atoms with E-state index in [0.29, 0.717) is 11.3 Å². The van der Waals surface area contributed by atoms with Crippen LogP contribution in [0.25, 0.3) is 0 Å². The molecule has 0 aromatic heterocycles. The summed E-state index contributed by atoms with van der Waals surface area (Å²) in [6.07, 6.45) is 1.46. The molecule has 21 heavy (non-hydrogen) atoms. The summed E-state index contributed by atoms with van der Waals surface area (Å²) in [5.41, 5.74) is 1.34. The quantitative estimate of drug-likeness (QED) is 0.838. The van der Waals surface area contributed by atoms with Crippen molar-refractivity contribution in [3.63, 3.8) is 0 Å². The first-order chi connectivity index (χ1) is 10.2. The second-order valence-corrected chi connectivity index (χ2v) is 8.29. The summed E-state index contributed by atoms with van der Waals surface area (Å²) < 4.78 is 5.85. The van der Waals surface area contributed by atoms with Gasteiger partial charge in [0.05, 0.1) is 6.10 Å². The summed E-state index contributed by atoms with van der Waals surface area (Å²) in [6.45, 7) is 6.45. The average molecular weight is 326 g/mol. The summed E-state index contributed by atoms with van der Waals surface area (Å²) in [4.78, 5) is 0. The maximum atomic E-state index is 5.85. The molecule has 1 aliphatic heterocycles. The zero-order valence-electron chi connectivity index (χ0n) is 13.5. The van der Waals surface area contributed by atoms with Crippen LogP contribution in [0.2, 0.25) is 0 Å². The van der Waals surface area contributed by atoms with Gasteiger partial charge < -0.3 is 10.1 Å². The zero-order chi connectivity index (χ0) is 15.2. The smallest absolute Gasteiger partial charge is 0.120 e. The van der Waals surface area contributed by atoms with Gasteiger partial charge in [0, 0.05) is 28.0 Å². The van der Waals surface area contributed by atoms with Gasteiger partial charge in [0.1, 0.15) is 5.75 Å². The number of hydrogen-bond donors (Lipinski definition) is 1. The minimum atomic E-state index is 0.219. The number of ether oxygens (including phenoxy) is 1. The SMILES string of the molecule is CCC1SCCSC1C(NC)c1cccc(OC(C)C)c1. The van der Waals surface area contributed by atoms with Crippen LogP contribution in [0.5, 0.6) is 5.75 Å². The summed E-state index contributed by atoms with van der Waals surface area (Å²) in [6, 6.07) is 8.98. The van der Waals surface area contributed by atoms with Crippen molar-refractivity contribution in [2.24, 2.45) is 0 Å². The van der Waals surface area contributed by atoms with Gasteiger partial charge in [-0.05, 0) is 45.0 Å². The second-order valence-electron chi connectivity index (χ2n) is 5.66. The van der Waals surface area contributed by atoms with Crippen LogP contribution in [0, 0.1) is 0 Å². The Morgan fingerprint density at radius 3 is 2.71 bits per heavy atom. The Balaban J connectivity index is 2.19. The Kier molecular flexibility index (Phi) is 6.77. The predicted octanol–water partition coefficient (Wildman–Crippen LogP) is 4.36. The average Bonchev–Trinajstić information content (AvgIpc) is 2.48. The van der Waals surface area contributed by atoms with Crippen molar-refractivity contribution in [2.45, 2.75) is 49.8 Å². The first-order valence-corrected chi connectivity index (χ1v) is 9.92. The minimum Gasteiger partial charge on any atom is -0.491 e. The molecule has 1 aromatic carbocycles. The molecule has 0 spiro atoms. The van der Waals surface area contributed by atoms with Gasteiger partial charge in [0.15, 0.2) is 0 Å². The van der Waals surface area contributed by atoms with Gasteiger partial charge in [-0.25, -0.2) is 0 Å². The van der Waals surface area contributed by atoms with E-state index < -0.39 is 0 Å². The van der Waals surface area contributed by atoms with E-state index in [9.17, 15) is 0 Å². The molecule has 1 saturated heterocycles. The van der Waals surface area contributed by atoms with Crippen molar-refractivity contribution in [2.75, 3.05) is 18.6 Å². The molecule has 118 valence electrons. The molecule has 3 unspecified atom stereocenters. The first-order valence-electron chi connectivity index (χ1n) is 7.82. The molecular weight excluding hydrogens is 298 g/mol. The third-order valence-corrected chi connectivity index (χ3v) is 7.07. The Hall–Kier alpha value is -0.320. The van der Waals surface area contributed by atoms with Gasteiger partial charge in [-0.1, -0.05) is 19.1 Å². The molecule has 0 amide bonds. The molecular formula is C17H27NOS2. The van der Waals surface area contributed by atoms with Crippen molar-refractivity contribution in [1.29, 1.82) is 0 Å². The molecule has 1 aromatic rings. The van der Waals surface area contributed by atoms with Crippen molar-refractivity contribution in [3.8, 4) is 5.75 Å². The second kappa shape index (κ2) is 8.35. The van der Waals surface area contributed by atoms with Crippen molar-refractivity contribution in [3.05, 3.63) is 29.8 Å². The van der Waals surface area contributed by atoms with Crippen LogP contribution in [-0.2, 0) is 0 Å². The van der Waals surface area contributed by atoms with Gasteiger partial charge in [0.2, 0.25) is 0 Å². The Morgan fingerprint density at radius 2 is 2.05 bits per heavy atom. The molecule has 1 heterocycles. The highest BCUT2D eigenvalue weighted by atomic mass is 32.2. The highest BCUT2D eigenvalue weighted by molar-refractivity contribution is 8.07. The molecule has 0 saturated carbocycles. The predicted molar refractivity (Wildman–Crippen MR) is 96.8 cm³/mol. The number of nitrogens with one attached hydrogen (secondary N) is 1. The van der Waals surface area contributed by atoms with E-state index >= 15 is 0 Å². The number of thioether (sulfide) groups is 2. The van der Waals surface area contributed by atoms with E-state index in [1.54, 1.807) is 0 Å². The number of hydrogen-bond acceptors (Lipinski definition) is 4. The van der Waals surface area contributed by atoms with Gasteiger partial charge in [0.25, 0.3) is 0 Å². The van der Waals surface area contributed by atoms with Crippen LogP contribution in [-0.4, -0.2) is 35.2 Å². The lowest BCUT2D eigenvalue weighted by Crippen LogP contribution is -2.37. The van der Waals surface area contributed by atoms with Crippen LogP contribution in [0.1, 0.15) is 38.8 Å². The molecule has 3 atom stereocenters. The summed E-state index contributed by atoms with van der Waals surface area (Å²) in [5.74, 6) is 3.52. The lowest BCUT2D eigenvalue weighted by Gasteiger charge is -2.36. The molecule has 2 nitrogen and oxygen atoms in total. The van der Waals surface area contributed by atoms with E-state index in [4.69, 9.17) is 4.74 Å².